The fourth-order valence-corrected chi connectivity index (χ4v) is 3.41. The second-order valence-electron chi connectivity index (χ2n) is 7.22. The number of nitrogens with one attached hydrogen (secondary N) is 1. The highest BCUT2D eigenvalue weighted by atomic mass is 19.1. The van der Waals surface area contributed by atoms with E-state index in [2.05, 4.69) is 10.4 Å². The van der Waals surface area contributed by atoms with Crippen molar-refractivity contribution in [3.63, 3.8) is 0 Å². The van der Waals surface area contributed by atoms with E-state index in [9.17, 15) is 14.0 Å². The van der Waals surface area contributed by atoms with Gasteiger partial charge in [-0.2, -0.15) is 10.4 Å². The molecule has 2 heterocycles. The standard InChI is InChI=1S/C20H24FN7O3/c1-13-17-11-27(20(30)24-15-3-4-18(21)14(7-15)8-22)6-5-19(17)25-28(13)10-16(9-23)31-26(2)12-29/h3-4,7,12,16H,5-6,9-11,23H2,1-2H3,(H,24,30). The van der Waals surface area contributed by atoms with Gasteiger partial charge in [-0.25, -0.2) is 14.2 Å². The molecule has 1 aromatic heterocycles. The van der Waals surface area contributed by atoms with E-state index in [1.54, 1.807) is 15.7 Å². The van der Waals surface area contributed by atoms with E-state index >= 15 is 0 Å². The molecule has 0 saturated carbocycles. The van der Waals surface area contributed by atoms with Gasteiger partial charge in [-0.3, -0.25) is 14.3 Å². The first-order valence-corrected chi connectivity index (χ1v) is 9.72. The number of urea groups is 1. The smallest absolute Gasteiger partial charge is 0.322 e. The minimum atomic E-state index is -0.634. The molecule has 0 aliphatic carbocycles. The predicted octanol–water partition coefficient (Wildman–Crippen LogP) is 1.14. The van der Waals surface area contributed by atoms with Gasteiger partial charge < -0.3 is 16.0 Å². The molecule has 0 fully saturated rings. The highest BCUT2D eigenvalue weighted by Crippen LogP contribution is 2.23. The molecule has 0 radical (unpaired) electrons. The summed E-state index contributed by atoms with van der Waals surface area (Å²) >= 11 is 0. The van der Waals surface area contributed by atoms with E-state index in [1.165, 1.54) is 19.2 Å². The highest BCUT2D eigenvalue weighted by molar-refractivity contribution is 5.89. The maximum absolute atomic E-state index is 13.5. The molecule has 1 unspecified atom stereocenters. The van der Waals surface area contributed by atoms with Crippen LogP contribution in [0.25, 0.3) is 0 Å². The molecular formula is C20H24FN7O3. The Morgan fingerprint density at radius 2 is 2.32 bits per heavy atom. The average Bonchev–Trinajstić information content (AvgIpc) is 3.08. The summed E-state index contributed by atoms with van der Waals surface area (Å²) in [7, 11) is 1.49. The molecule has 1 aromatic carbocycles. The third kappa shape index (κ3) is 4.99. The van der Waals surface area contributed by atoms with Crippen molar-refractivity contribution >= 4 is 18.1 Å². The van der Waals surface area contributed by atoms with Crippen LogP contribution in [0.15, 0.2) is 18.2 Å². The van der Waals surface area contributed by atoms with Crippen molar-refractivity contribution in [2.45, 2.75) is 32.5 Å². The molecule has 1 atom stereocenters. The number of carbonyl (C=O) groups is 2. The number of rotatable bonds is 7. The number of hydroxylamine groups is 2. The lowest BCUT2D eigenvalue weighted by Gasteiger charge is -2.27. The Morgan fingerprint density at radius 1 is 1.55 bits per heavy atom. The van der Waals surface area contributed by atoms with Crippen LogP contribution in [0.2, 0.25) is 0 Å². The SMILES string of the molecule is Cc1c2c(nn1CC(CN)ON(C)C=O)CCN(C(=O)Nc1ccc(F)c(C#N)c1)C2. The fraction of sp³-hybridized carbons (Fsp3) is 0.400. The van der Waals surface area contributed by atoms with E-state index in [1.807, 2.05) is 6.92 Å². The monoisotopic (exact) mass is 429 g/mol. The summed E-state index contributed by atoms with van der Waals surface area (Å²) < 4.78 is 15.3. The van der Waals surface area contributed by atoms with Crippen molar-refractivity contribution in [3.05, 3.63) is 46.5 Å². The summed E-state index contributed by atoms with van der Waals surface area (Å²) in [6.07, 6.45) is 0.703. The molecule has 3 amide bonds. The third-order valence-electron chi connectivity index (χ3n) is 5.11. The van der Waals surface area contributed by atoms with Crippen molar-refractivity contribution in [1.82, 2.24) is 19.7 Å². The molecule has 164 valence electrons. The molecule has 10 nitrogen and oxygen atoms in total. The number of nitrogens with zero attached hydrogens (tertiary/aromatic N) is 5. The van der Waals surface area contributed by atoms with Gasteiger partial charge >= 0.3 is 6.03 Å². The van der Waals surface area contributed by atoms with E-state index in [4.69, 9.17) is 15.8 Å². The Labute approximate surface area is 178 Å². The van der Waals surface area contributed by atoms with Gasteiger partial charge in [0.05, 0.1) is 24.3 Å². The number of hydrogen-bond acceptors (Lipinski definition) is 6. The average molecular weight is 429 g/mol. The Bertz CT molecular complexity index is 1020. The van der Waals surface area contributed by atoms with Gasteiger partial charge in [0.25, 0.3) is 0 Å². The minimum Gasteiger partial charge on any atom is -0.328 e. The number of carbonyl (C=O) groups excluding carboxylic acids is 2. The van der Waals surface area contributed by atoms with Crippen molar-refractivity contribution in [2.75, 3.05) is 25.5 Å². The lowest BCUT2D eigenvalue weighted by Crippen LogP contribution is -2.38. The van der Waals surface area contributed by atoms with Gasteiger partial charge in [0.2, 0.25) is 6.41 Å². The van der Waals surface area contributed by atoms with E-state index in [0.717, 1.165) is 28.1 Å². The molecule has 3 N–H and O–H groups in total. The zero-order valence-electron chi connectivity index (χ0n) is 17.3. The number of nitrogens with two attached hydrogens (primary N) is 1. The number of aromatic nitrogens is 2. The van der Waals surface area contributed by atoms with Crippen LogP contribution < -0.4 is 11.1 Å². The number of nitriles is 1. The van der Waals surface area contributed by atoms with Crippen LogP contribution in [0.4, 0.5) is 14.9 Å². The minimum absolute atomic E-state index is 0.132. The molecule has 0 bridgehead atoms. The largest absolute Gasteiger partial charge is 0.328 e. The second-order valence-corrected chi connectivity index (χ2v) is 7.22. The molecule has 0 spiro atoms. The van der Waals surface area contributed by atoms with Crippen LogP contribution >= 0.6 is 0 Å². The number of anilines is 1. The quantitative estimate of drug-likeness (QED) is 0.502. The van der Waals surface area contributed by atoms with Crippen molar-refractivity contribution in [1.29, 1.82) is 5.26 Å². The predicted molar refractivity (Wildman–Crippen MR) is 109 cm³/mol. The zero-order chi connectivity index (χ0) is 22.5. The van der Waals surface area contributed by atoms with Crippen molar-refractivity contribution in [3.8, 4) is 6.07 Å². The first kappa shape index (κ1) is 22.2. The summed E-state index contributed by atoms with van der Waals surface area (Å²) in [5.74, 6) is -0.634. The van der Waals surface area contributed by atoms with Gasteiger partial charge in [0, 0.05) is 43.5 Å². The van der Waals surface area contributed by atoms with Gasteiger partial charge in [-0.1, -0.05) is 0 Å². The Morgan fingerprint density at radius 3 is 3.00 bits per heavy atom. The van der Waals surface area contributed by atoms with E-state index in [-0.39, 0.29) is 18.1 Å². The normalized spacial score (nSPS) is 13.8. The molecule has 0 saturated heterocycles. The van der Waals surface area contributed by atoms with E-state index < -0.39 is 11.9 Å². The fourth-order valence-electron chi connectivity index (χ4n) is 3.41. The Kier molecular flexibility index (Phi) is 6.84. The molecule has 1 aliphatic rings. The zero-order valence-corrected chi connectivity index (χ0v) is 17.3. The van der Waals surface area contributed by atoms with Gasteiger partial charge in [-0.05, 0) is 25.1 Å². The topological polar surface area (TPSA) is 130 Å². The van der Waals surface area contributed by atoms with Crippen molar-refractivity contribution < 1.29 is 18.8 Å². The molecular weight excluding hydrogens is 405 g/mol. The lowest BCUT2D eigenvalue weighted by molar-refractivity contribution is -0.184. The summed E-state index contributed by atoms with van der Waals surface area (Å²) in [6.45, 7) is 3.31. The van der Waals surface area contributed by atoms with Crippen LogP contribution in [0.3, 0.4) is 0 Å². The van der Waals surface area contributed by atoms with Crippen LogP contribution in [0, 0.1) is 24.1 Å². The summed E-state index contributed by atoms with van der Waals surface area (Å²) in [6, 6.07) is 5.27. The van der Waals surface area contributed by atoms with Gasteiger partial charge in [0.15, 0.2) is 0 Å². The molecule has 31 heavy (non-hydrogen) atoms. The number of halogens is 1. The third-order valence-corrected chi connectivity index (χ3v) is 5.11. The summed E-state index contributed by atoms with van der Waals surface area (Å²) in [4.78, 5) is 30.6. The maximum atomic E-state index is 13.5. The molecule has 2 aromatic rings. The molecule has 3 rings (SSSR count). The summed E-state index contributed by atoms with van der Waals surface area (Å²) in [5, 5.41) is 17.3. The first-order chi connectivity index (χ1) is 14.9. The number of benzene rings is 1. The lowest BCUT2D eigenvalue weighted by atomic mass is 10.1. The number of amides is 3. The number of hydrogen-bond donors (Lipinski definition) is 2. The first-order valence-electron chi connectivity index (χ1n) is 9.72. The van der Waals surface area contributed by atoms with Crippen LogP contribution in [-0.4, -0.2) is 58.4 Å². The van der Waals surface area contributed by atoms with Crippen LogP contribution in [-0.2, 0) is 29.1 Å². The van der Waals surface area contributed by atoms with Crippen LogP contribution in [0.5, 0.6) is 0 Å². The summed E-state index contributed by atoms with van der Waals surface area (Å²) in [5.41, 5.74) is 8.69. The molecule has 11 heteroatoms. The van der Waals surface area contributed by atoms with Gasteiger partial charge in [-0.15, -0.1) is 0 Å². The maximum Gasteiger partial charge on any atom is 0.322 e. The van der Waals surface area contributed by atoms with Gasteiger partial charge in [0.1, 0.15) is 18.0 Å². The van der Waals surface area contributed by atoms with Crippen LogP contribution in [0.1, 0.15) is 22.5 Å². The Balaban J connectivity index is 1.69. The highest BCUT2D eigenvalue weighted by Gasteiger charge is 2.27. The Hall–Kier alpha value is -3.49. The van der Waals surface area contributed by atoms with Crippen molar-refractivity contribution in [2.24, 2.45) is 5.73 Å². The second kappa shape index (κ2) is 9.55. The van der Waals surface area contributed by atoms with E-state index in [0.29, 0.717) is 38.2 Å². The number of fused-ring (bicyclic) bond motifs is 1. The molecule has 1 aliphatic heterocycles.